The zero-order chi connectivity index (χ0) is 70.9. The van der Waals surface area contributed by atoms with Gasteiger partial charge in [0.2, 0.25) is 0 Å². The van der Waals surface area contributed by atoms with Crippen molar-refractivity contribution in [3.63, 3.8) is 0 Å². The molecule has 538 valence electrons. The van der Waals surface area contributed by atoms with Gasteiger partial charge in [0.25, 0.3) is 17.7 Å². The molecule has 17 heteroatoms. The largest absolute Gasteiger partial charge is 0.496 e. The van der Waals surface area contributed by atoms with Gasteiger partial charge in [-0.15, -0.1) is 0 Å². The molecule has 0 radical (unpaired) electrons. The highest BCUT2D eigenvalue weighted by Gasteiger charge is 2.49. The van der Waals surface area contributed by atoms with Crippen LogP contribution in [0, 0.1) is 5.82 Å². The van der Waals surface area contributed by atoms with Crippen molar-refractivity contribution >= 4 is 17.7 Å². The fourth-order valence-corrected chi connectivity index (χ4v) is 16.2. The summed E-state index contributed by atoms with van der Waals surface area (Å²) < 4.78 is 58.3. The highest BCUT2D eigenvalue weighted by Crippen LogP contribution is 2.48. The van der Waals surface area contributed by atoms with Gasteiger partial charge >= 0.3 is 0 Å². The molecule has 6 saturated heterocycles. The summed E-state index contributed by atoms with van der Waals surface area (Å²) in [5, 5.41) is 31.0. The van der Waals surface area contributed by atoms with E-state index in [-0.39, 0.29) is 76.7 Å². The minimum atomic E-state index is -1.30. The molecular weight excluding hydrogens is 1270 g/mol. The Morgan fingerprint density at radius 3 is 1.11 bits per heavy atom. The van der Waals surface area contributed by atoms with Gasteiger partial charge in [0, 0.05) is 125 Å². The molecule has 13 rings (SSSR count). The third-order valence-electron chi connectivity index (χ3n) is 21.8. The van der Waals surface area contributed by atoms with E-state index in [1.54, 1.807) is 50.1 Å². The number of aliphatic hydroxyl groups is 3. The standard InChI is InChI=1S/C28H37NO5.C28H35NO4.C27H34FNO4/c1-5-33-22-18-24(20-9-7-6-8-10-20)34-28(19-22)13-15-29(16-14-28)26(30)21-11-12-23(27(2,3)31)25(17-21)32-4;1-2-32-24-19-25(21-7-4-3-5-8-21)33-27(20-24)15-17-29(18-16-27)26(30)22-9-11-23(12-10-22)28(31)13-6-14-28;1-4-32-21-17-24(19-8-6-5-7-9-19)33-27(18-21)12-14-29(15-13-27)25(30)20-10-11-22(23(28)16-20)26(2,3)31/h6-12,17,22,24,31H,5,13-16,18-19H2,1-4H3;3-5,7-12,24-25,31H,2,6,13-20H2,1H3;5-11,16,21,24,31H,4,12-15,17-18H2,1-3H3. The maximum absolute atomic E-state index is 14.5. The van der Waals surface area contributed by atoms with Crippen LogP contribution in [0.25, 0.3) is 0 Å². The zero-order valence-corrected chi connectivity index (χ0v) is 60.0. The number of methoxy groups -OCH3 is 1. The minimum absolute atomic E-state index is 0.00685. The smallest absolute Gasteiger partial charge is 0.253 e. The summed E-state index contributed by atoms with van der Waals surface area (Å²) >= 11 is 0. The number of halogens is 1. The topological polar surface area (TPSA) is 186 Å². The Hall–Kier alpha value is -6.90. The van der Waals surface area contributed by atoms with Crippen molar-refractivity contribution in [2.75, 3.05) is 66.2 Å². The molecule has 100 heavy (non-hydrogen) atoms. The Bertz CT molecular complexity index is 3650. The molecule has 16 nitrogen and oxygen atoms in total. The fraction of sp³-hybridized carbons (Fsp3) is 0.530. The van der Waals surface area contributed by atoms with Gasteiger partial charge in [-0.2, -0.15) is 0 Å². The fourth-order valence-electron chi connectivity index (χ4n) is 16.2. The first-order chi connectivity index (χ1) is 48.0. The zero-order valence-electron chi connectivity index (χ0n) is 60.0. The highest BCUT2D eigenvalue weighted by atomic mass is 19.1. The average Bonchev–Trinajstić information content (AvgIpc) is 0.849. The first-order valence-electron chi connectivity index (χ1n) is 36.6. The highest BCUT2D eigenvalue weighted by molar-refractivity contribution is 5.96. The van der Waals surface area contributed by atoms with E-state index in [1.165, 1.54) is 37.1 Å². The van der Waals surface area contributed by atoms with E-state index in [4.69, 9.17) is 33.2 Å². The molecule has 3 amide bonds. The lowest BCUT2D eigenvalue weighted by Crippen LogP contribution is -2.52. The van der Waals surface area contributed by atoms with E-state index in [0.717, 1.165) is 107 Å². The van der Waals surface area contributed by atoms with Crippen molar-refractivity contribution in [1.29, 1.82) is 0 Å². The summed E-state index contributed by atoms with van der Waals surface area (Å²) in [4.78, 5) is 45.1. The van der Waals surface area contributed by atoms with Crippen LogP contribution in [0.15, 0.2) is 152 Å². The number of hydrogen-bond acceptors (Lipinski definition) is 13. The van der Waals surface area contributed by atoms with E-state index in [9.17, 15) is 34.1 Å². The molecule has 7 fully saturated rings. The molecule has 7 aliphatic rings. The second-order valence-corrected chi connectivity index (χ2v) is 29.7. The predicted molar refractivity (Wildman–Crippen MR) is 382 cm³/mol. The average molecular weight is 1370 g/mol. The van der Waals surface area contributed by atoms with Crippen LogP contribution in [0.4, 0.5) is 4.39 Å². The number of ether oxygens (including phenoxy) is 7. The van der Waals surface area contributed by atoms with Crippen molar-refractivity contribution in [1.82, 2.24) is 14.7 Å². The van der Waals surface area contributed by atoms with Gasteiger partial charge in [-0.25, -0.2) is 4.39 Å². The number of piperidine rings is 3. The molecule has 0 aromatic heterocycles. The minimum Gasteiger partial charge on any atom is -0.496 e. The van der Waals surface area contributed by atoms with Crippen molar-refractivity contribution in [2.45, 2.75) is 215 Å². The van der Waals surface area contributed by atoms with Crippen LogP contribution in [-0.2, 0) is 45.2 Å². The van der Waals surface area contributed by atoms with Gasteiger partial charge in [0.1, 0.15) is 11.6 Å². The second-order valence-electron chi connectivity index (χ2n) is 29.7. The number of nitrogens with zero attached hydrogens (tertiary/aromatic N) is 3. The van der Waals surface area contributed by atoms with Crippen LogP contribution in [0.5, 0.6) is 5.75 Å². The molecular formula is C83H106FN3O13. The lowest BCUT2D eigenvalue weighted by Gasteiger charge is -2.48. The SMILES string of the molecule is CCOC1CC(c2ccccc2)OC2(CCN(C(=O)c3ccc(C(C)(C)O)c(F)c3)CC2)C1.CCOC1CC(c2ccccc2)OC2(CCN(C(=O)c3ccc(C(C)(C)O)c(OC)c3)CC2)C1.CCOC1CC(c2ccccc2)OC2(CCN(C(=O)c3ccc(C4(O)CCC4)cc3)CC2)C1. The monoisotopic (exact) mass is 1370 g/mol. The van der Waals surface area contributed by atoms with Gasteiger partial charge in [0.05, 0.1) is 77.3 Å². The second kappa shape index (κ2) is 32.2. The molecule has 6 aromatic carbocycles. The number of hydrogen-bond donors (Lipinski definition) is 3. The molecule has 1 saturated carbocycles. The Morgan fingerprint density at radius 1 is 0.470 bits per heavy atom. The number of amides is 3. The lowest BCUT2D eigenvalue weighted by molar-refractivity contribution is -0.191. The molecule has 6 atom stereocenters. The van der Waals surface area contributed by atoms with E-state index in [2.05, 4.69) is 55.5 Å². The summed E-state index contributed by atoms with van der Waals surface area (Å²) in [6.07, 6.45) is 12.9. The Kier molecular flexibility index (Phi) is 23.9. The Balaban J connectivity index is 0.000000151. The van der Waals surface area contributed by atoms with Crippen LogP contribution in [0.3, 0.4) is 0 Å². The summed E-state index contributed by atoms with van der Waals surface area (Å²) in [7, 11) is 1.56. The van der Waals surface area contributed by atoms with Crippen molar-refractivity contribution in [3.05, 3.63) is 208 Å². The van der Waals surface area contributed by atoms with Crippen LogP contribution in [0.1, 0.15) is 228 Å². The third kappa shape index (κ3) is 17.8. The molecule has 6 unspecified atom stereocenters. The Labute approximate surface area is 591 Å². The molecule has 3 spiro atoms. The lowest BCUT2D eigenvalue weighted by atomic mass is 9.75. The third-order valence-corrected chi connectivity index (χ3v) is 21.8. The maximum Gasteiger partial charge on any atom is 0.253 e. The molecule has 6 aromatic rings. The molecule has 6 aliphatic heterocycles. The summed E-state index contributed by atoms with van der Waals surface area (Å²) in [5.41, 5.74) is 2.98. The van der Waals surface area contributed by atoms with E-state index < -0.39 is 22.6 Å². The van der Waals surface area contributed by atoms with Crippen LogP contribution in [-0.4, -0.2) is 149 Å². The number of rotatable bonds is 16. The summed E-state index contributed by atoms with van der Waals surface area (Å²) in [6, 6.07) is 48.2. The summed E-state index contributed by atoms with van der Waals surface area (Å²) in [6.45, 7) is 18.4. The van der Waals surface area contributed by atoms with E-state index in [0.29, 0.717) is 87.1 Å². The molecule has 6 heterocycles. The van der Waals surface area contributed by atoms with Gasteiger partial charge in [-0.05, 0) is 165 Å². The maximum atomic E-state index is 14.5. The number of carbonyl (C=O) groups is 3. The number of likely N-dealkylation sites (tertiary alicyclic amines) is 3. The first kappa shape index (κ1) is 74.3. The van der Waals surface area contributed by atoms with E-state index >= 15 is 0 Å². The molecule has 1 aliphatic carbocycles. The van der Waals surface area contributed by atoms with Crippen molar-refractivity contribution in [3.8, 4) is 5.75 Å². The van der Waals surface area contributed by atoms with Gasteiger partial charge < -0.3 is 63.2 Å². The van der Waals surface area contributed by atoms with Crippen molar-refractivity contribution < 1.29 is 67.3 Å². The van der Waals surface area contributed by atoms with Crippen LogP contribution < -0.4 is 4.74 Å². The van der Waals surface area contributed by atoms with Gasteiger partial charge in [-0.3, -0.25) is 14.4 Å². The van der Waals surface area contributed by atoms with Crippen molar-refractivity contribution in [2.24, 2.45) is 0 Å². The molecule has 0 bridgehead atoms. The normalized spacial score (nSPS) is 23.9. The molecule has 3 N–H and O–H groups in total. The first-order valence-corrected chi connectivity index (χ1v) is 36.6. The quantitative estimate of drug-likeness (QED) is 0.0832. The number of benzene rings is 6. The number of carbonyl (C=O) groups excluding carboxylic acids is 3. The summed E-state index contributed by atoms with van der Waals surface area (Å²) in [5.74, 6) is -0.195. The van der Waals surface area contributed by atoms with Gasteiger partial charge in [0.15, 0.2) is 0 Å². The predicted octanol–water partition coefficient (Wildman–Crippen LogP) is 14.8. The van der Waals surface area contributed by atoms with Crippen LogP contribution >= 0.6 is 0 Å². The Morgan fingerprint density at radius 2 is 0.800 bits per heavy atom. The van der Waals surface area contributed by atoms with Gasteiger partial charge in [-0.1, -0.05) is 115 Å². The van der Waals surface area contributed by atoms with E-state index in [1.807, 2.05) is 90.4 Å². The van der Waals surface area contributed by atoms with Crippen LogP contribution in [0.2, 0.25) is 0 Å².